The molecule has 2 nitrogen and oxygen atoms in total. The first kappa shape index (κ1) is 44.7. The summed E-state index contributed by atoms with van der Waals surface area (Å²) >= 11 is 0. The van der Waals surface area contributed by atoms with Crippen LogP contribution in [0.15, 0.2) is 267 Å². The lowest BCUT2D eigenvalue weighted by Crippen LogP contribution is -2.38. The highest BCUT2D eigenvalue weighted by Crippen LogP contribution is 2.61. The summed E-state index contributed by atoms with van der Waals surface area (Å²) in [5.41, 5.74) is 26.6. The predicted octanol–water partition coefficient (Wildman–Crippen LogP) is 19.3. The lowest BCUT2D eigenvalue weighted by Gasteiger charge is -2.49. The standard InChI is InChI=1S/C73H56N2/c1-71(2)63-28-16-18-30-68(63)75-69-31-19-17-29-64(69)72(3,4)67-47-54(46-66(71)70(67)75)53-34-32-50(33-35-53)52-38-42-58(43-39-52)74(57-40-36-51(37-41-57)49-20-8-5-9-21-49)59-44-45-61-60-26-14-15-27-62(60)73(65(61)48-59,55-22-10-6-11-23-55)56-24-12-7-13-25-56/h5-48H,1-4H3. The van der Waals surface area contributed by atoms with Crippen molar-refractivity contribution in [2.45, 2.75) is 43.9 Å². The van der Waals surface area contributed by atoms with E-state index in [0.29, 0.717) is 0 Å². The highest BCUT2D eigenvalue weighted by atomic mass is 15.2. The Morgan fingerprint density at radius 1 is 0.280 bits per heavy atom. The van der Waals surface area contributed by atoms with Crippen molar-refractivity contribution in [3.05, 3.63) is 311 Å². The molecule has 0 unspecified atom stereocenters. The van der Waals surface area contributed by atoms with Gasteiger partial charge in [0, 0.05) is 27.9 Å². The predicted molar refractivity (Wildman–Crippen MR) is 314 cm³/mol. The second-order valence-corrected chi connectivity index (χ2v) is 21.7. The van der Waals surface area contributed by atoms with Gasteiger partial charge in [0.2, 0.25) is 0 Å². The molecule has 14 rings (SSSR count). The van der Waals surface area contributed by atoms with E-state index < -0.39 is 5.41 Å². The topological polar surface area (TPSA) is 6.48 Å². The van der Waals surface area contributed by atoms with E-state index >= 15 is 0 Å². The van der Waals surface area contributed by atoms with Gasteiger partial charge in [0.15, 0.2) is 0 Å². The number of hydrogen-bond acceptors (Lipinski definition) is 2. The average molecular weight is 961 g/mol. The van der Waals surface area contributed by atoms with Crippen molar-refractivity contribution < 1.29 is 0 Å². The first-order valence-electron chi connectivity index (χ1n) is 26.4. The van der Waals surface area contributed by atoms with Crippen LogP contribution in [0.5, 0.6) is 0 Å². The molecule has 2 heteroatoms. The van der Waals surface area contributed by atoms with Crippen molar-refractivity contribution >= 4 is 34.1 Å². The molecule has 358 valence electrons. The number of benzene rings is 11. The molecule has 0 spiro atoms. The van der Waals surface area contributed by atoms with E-state index in [1.54, 1.807) is 0 Å². The summed E-state index contributed by atoms with van der Waals surface area (Å²) in [6, 6.07) is 99.3. The Labute approximate surface area is 441 Å². The number of rotatable bonds is 8. The Morgan fingerprint density at radius 3 is 1.16 bits per heavy atom. The van der Waals surface area contributed by atoms with Crippen LogP contribution in [0, 0.1) is 0 Å². The summed E-state index contributed by atoms with van der Waals surface area (Å²) in [6.45, 7) is 9.59. The first-order chi connectivity index (χ1) is 36.7. The van der Waals surface area contributed by atoms with Gasteiger partial charge in [0.1, 0.15) is 0 Å². The molecule has 0 atom stereocenters. The molecular weight excluding hydrogens is 905 g/mol. The summed E-state index contributed by atoms with van der Waals surface area (Å²) in [7, 11) is 0. The summed E-state index contributed by atoms with van der Waals surface area (Å²) in [5, 5.41) is 0. The molecule has 0 N–H and O–H groups in total. The van der Waals surface area contributed by atoms with Crippen LogP contribution in [-0.4, -0.2) is 0 Å². The van der Waals surface area contributed by atoms with Crippen molar-refractivity contribution in [2.75, 3.05) is 9.80 Å². The lowest BCUT2D eigenvalue weighted by molar-refractivity contribution is 0.598. The van der Waals surface area contributed by atoms with Gasteiger partial charge in [0.05, 0.1) is 22.5 Å². The first-order valence-corrected chi connectivity index (χ1v) is 26.4. The zero-order valence-electron chi connectivity index (χ0n) is 42.8. The molecule has 0 bridgehead atoms. The molecule has 0 fully saturated rings. The third-order valence-corrected chi connectivity index (χ3v) is 16.9. The fraction of sp³-hybridized carbons (Fsp3) is 0.0959. The van der Waals surface area contributed by atoms with Crippen molar-refractivity contribution in [3.63, 3.8) is 0 Å². The average Bonchev–Trinajstić information content (AvgIpc) is 3.88. The molecule has 1 aliphatic carbocycles. The number of fused-ring (bicyclic) bond motifs is 7. The number of nitrogens with zero attached hydrogens (tertiary/aromatic N) is 2. The summed E-state index contributed by atoms with van der Waals surface area (Å²) in [6.07, 6.45) is 0. The van der Waals surface area contributed by atoms with Crippen LogP contribution in [0.25, 0.3) is 44.5 Å². The van der Waals surface area contributed by atoms with E-state index in [1.165, 1.54) is 106 Å². The van der Waals surface area contributed by atoms with E-state index in [-0.39, 0.29) is 10.8 Å². The van der Waals surface area contributed by atoms with Crippen molar-refractivity contribution in [1.82, 2.24) is 0 Å². The lowest BCUT2D eigenvalue weighted by atomic mass is 9.65. The fourth-order valence-corrected chi connectivity index (χ4v) is 13.2. The van der Waals surface area contributed by atoms with Crippen LogP contribution in [0.4, 0.5) is 34.1 Å². The second-order valence-electron chi connectivity index (χ2n) is 21.7. The van der Waals surface area contributed by atoms with Gasteiger partial charge in [-0.25, -0.2) is 0 Å². The molecule has 3 aliphatic rings. The molecule has 2 aliphatic heterocycles. The fourth-order valence-electron chi connectivity index (χ4n) is 13.2. The Hall–Kier alpha value is -8.98. The summed E-state index contributed by atoms with van der Waals surface area (Å²) < 4.78 is 0. The second kappa shape index (κ2) is 17.0. The van der Waals surface area contributed by atoms with Gasteiger partial charge in [-0.3, -0.25) is 0 Å². The molecule has 75 heavy (non-hydrogen) atoms. The minimum Gasteiger partial charge on any atom is -0.310 e. The van der Waals surface area contributed by atoms with Crippen molar-refractivity contribution in [1.29, 1.82) is 0 Å². The van der Waals surface area contributed by atoms with Gasteiger partial charge < -0.3 is 9.80 Å². The van der Waals surface area contributed by atoms with E-state index in [0.717, 1.165) is 17.1 Å². The zero-order chi connectivity index (χ0) is 50.5. The molecule has 0 saturated carbocycles. The largest absolute Gasteiger partial charge is 0.310 e. The molecule has 0 saturated heterocycles. The van der Waals surface area contributed by atoms with Crippen LogP contribution in [-0.2, 0) is 16.2 Å². The smallest absolute Gasteiger partial charge is 0.0714 e. The molecule has 11 aromatic carbocycles. The molecule has 0 amide bonds. The third-order valence-electron chi connectivity index (χ3n) is 16.9. The summed E-state index contributed by atoms with van der Waals surface area (Å²) in [4.78, 5) is 4.96. The number of hydrogen-bond donors (Lipinski definition) is 0. The van der Waals surface area contributed by atoms with E-state index in [4.69, 9.17) is 0 Å². The highest BCUT2D eigenvalue weighted by Gasteiger charge is 2.47. The van der Waals surface area contributed by atoms with Crippen LogP contribution in [0.1, 0.15) is 72.2 Å². The Bertz CT molecular complexity index is 3840. The van der Waals surface area contributed by atoms with Crippen LogP contribution in [0.2, 0.25) is 0 Å². The zero-order valence-corrected chi connectivity index (χ0v) is 42.8. The maximum atomic E-state index is 2.54. The molecule has 2 heterocycles. The van der Waals surface area contributed by atoms with Crippen LogP contribution < -0.4 is 9.80 Å². The Morgan fingerprint density at radius 2 is 0.653 bits per heavy atom. The SMILES string of the molecule is CC1(C)c2ccccc2N2c3ccccc3C(C)(C)c3cc(-c4ccc(-c5ccc(N(c6ccc(-c7ccccc7)cc6)c6ccc7c(c6)C(c6ccccc6)(c6ccccc6)c6ccccc6-7)cc5)cc4)cc1c32. The Kier molecular flexibility index (Phi) is 10.2. The number of para-hydroxylation sites is 2. The van der Waals surface area contributed by atoms with Crippen LogP contribution >= 0.6 is 0 Å². The molecule has 0 radical (unpaired) electrons. The maximum Gasteiger partial charge on any atom is 0.0714 e. The van der Waals surface area contributed by atoms with Gasteiger partial charge in [-0.1, -0.05) is 234 Å². The van der Waals surface area contributed by atoms with Gasteiger partial charge in [-0.05, 0) is 150 Å². The summed E-state index contributed by atoms with van der Waals surface area (Å²) in [5.74, 6) is 0. The minimum absolute atomic E-state index is 0.188. The van der Waals surface area contributed by atoms with Gasteiger partial charge in [-0.2, -0.15) is 0 Å². The van der Waals surface area contributed by atoms with E-state index in [9.17, 15) is 0 Å². The quantitative estimate of drug-likeness (QED) is 0.150. The van der Waals surface area contributed by atoms with E-state index in [1.807, 2.05) is 0 Å². The third kappa shape index (κ3) is 6.79. The minimum atomic E-state index is -0.511. The van der Waals surface area contributed by atoms with Gasteiger partial charge >= 0.3 is 0 Å². The molecule has 11 aromatic rings. The maximum absolute atomic E-state index is 2.54. The van der Waals surface area contributed by atoms with E-state index in [2.05, 4.69) is 304 Å². The van der Waals surface area contributed by atoms with Crippen molar-refractivity contribution in [2.24, 2.45) is 0 Å². The Balaban J connectivity index is 0.861. The monoisotopic (exact) mass is 960 g/mol. The normalized spacial score (nSPS) is 14.7. The van der Waals surface area contributed by atoms with Gasteiger partial charge in [-0.15, -0.1) is 0 Å². The molecule has 0 aromatic heterocycles. The van der Waals surface area contributed by atoms with Crippen molar-refractivity contribution in [3.8, 4) is 44.5 Å². The molecular formula is C73H56N2. The van der Waals surface area contributed by atoms with Crippen LogP contribution in [0.3, 0.4) is 0 Å². The highest BCUT2D eigenvalue weighted by molar-refractivity contribution is 5.95. The number of anilines is 6. The van der Waals surface area contributed by atoms with Gasteiger partial charge in [0.25, 0.3) is 0 Å².